The molecule has 0 aliphatic carbocycles. The average molecular weight is 412 g/mol. The number of likely N-dealkylation sites (tertiary alicyclic amines) is 1. The number of hydrogen-bond donors (Lipinski definition) is 2. The van der Waals surface area contributed by atoms with Gasteiger partial charge < -0.3 is 25.0 Å². The number of rotatable bonds is 7. The molecule has 2 saturated heterocycles. The van der Waals surface area contributed by atoms with E-state index in [1.165, 1.54) is 0 Å². The molecule has 2 aliphatic heterocycles. The Labute approximate surface area is 174 Å². The molecular formula is C21H37N3O5. The Morgan fingerprint density at radius 3 is 2.28 bits per heavy atom. The minimum absolute atomic E-state index is 0.0445. The Hall–Kier alpha value is -1.83. The van der Waals surface area contributed by atoms with Gasteiger partial charge in [-0.2, -0.15) is 0 Å². The van der Waals surface area contributed by atoms with Crippen molar-refractivity contribution in [3.63, 3.8) is 0 Å². The predicted molar refractivity (Wildman–Crippen MR) is 109 cm³/mol. The third-order valence-electron chi connectivity index (χ3n) is 5.38. The molecule has 0 bridgehead atoms. The lowest BCUT2D eigenvalue weighted by Crippen LogP contribution is -2.43. The molecule has 0 spiro atoms. The molecule has 2 fully saturated rings. The average Bonchev–Trinajstić information content (AvgIpc) is 2.66. The van der Waals surface area contributed by atoms with Gasteiger partial charge in [-0.15, -0.1) is 0 Å². The Kier molecular flexibility index (Phi) is 9.20. The van der Waals surface area contributed by atoms with Gasteiger partial charge in [0.1, 0.15) is 5.60 Å². The van der Waals surface area contributed by atoms with Crippen LogP contribution in [0, 0.1) is 11.8 Å². The summed E-state index contributed by atoms with van der Waals surface area (Å²) in [6.07, 6.45) is 4.08. The van der Waals surface area contributed by atoms with Crippen LogP contribution in [0.25, 0.3) is 0 Å². The molecule has 0 atom stereocenters. The molecule has 166 valence electrons. The minimum atomic E-state index is -0.545. The van der Waals surface area contributed by atoms with Crippen LogP contribution in [0.4, 0.5) is 4.79 Å². The van der Waals surface area contributed by atoms with Crippen LogP contribution in [0.2, 0.25) is 0 Å². The monoisotopic (exact) mass is 411 g/mol. The topological polar surface area (TPSA) is 97.0 Å². The van der Waals surface area contributed by atoms with Crippen molar-refractivity contribution < 1.29 is 23.9 Å². The van der Waals surface area contributed by atoms with Crippen molar-refractivity contribution in [3.8, 4) is 0 Å². The number of piperidine rings is 1. The molecule has 2 N–H and O–H groups in total. The summed E-state index contributed by atoms with van der Waals surface area (Å²) in [6.45, 7) is 9.28. The molecule has 0 aromatic rings. The molecule has 29 heavy (non-hydrogen) atoms. The van der Waals surface area contributed by atoms with E-state index in [2.05, 4.69) is 10.6 Å². The van der Waals surface area contributed by atoms with Gasteiger partial charge >= 0.3 is 6.09 Å². The molecule has 0 saturated carbocycles. The molecule has 8 nitrogen and oxygen atoms in total. The van der Waals surface area contributed by atoms with E-state index < -0.39 is 11.7 Å². The van der Waals surface area contributed by atoms with Gasteiger partial charge in [0, 0.05) is 52.2 Å². The van der Waals surface area contributed by atoms with Crippen LogP contribution in [0.3, 0.4) is 0 Å². The molecule has 0 radical (unpaired) electrons. The summed E-state index contributed by atoms with van der Waals surface area (Å²) in [6, 6.07) is 0. The fourth-order valence-electron chi connectivity index (χ4n) is 3.67. The molecule has 0 aromatic carbocycles. The van der Waals surface area contributed by atoms with E-state index in [0.717, 1.165) is 38.9 Å². The third kappa shape index (κ3) is 9.47. The fraction of sp³-hybridized carbons (Fsp3) is 0.857. The Bertz CT molecular complexity index is 547. The van der Waals surface area contributed by atoms with E-state index in [9.17, 15) is 14.4 Å². The second kappa shape index (κ2) is 11.4. The number of carbonyl (C=O) groups excluding carboxylic acids is 3. The summed E-state index contributed by atoms with van der Waals surface area (Å²) >= 11 is 0. The highest BCUT2D eigenvalue weighted by atomic mass is 16.6. The predicted octanol–water partition coefficient (Wildman–Crippen LogP) is 2.07. The zero-order chi connectivity index (χ0) is 21.3. The Balaban J connectivity index is 1.56. The van der Waals surface area contributed by atoms with E-state index >= 15 is 0 Å². The number of ether oxygens (including phenoxy) is 2. The fourth-order valence-corrected chi connectivity index (χ4v) is 3.67. The van der Waals surface area contributed by atoms with Crippen LogP contribution in [0.5, 0.6) is 0 Å². The van der Waals surface area contributed by atoms with Crippen LogP contribution >= 0.6 is 0 Å². The molecule has 2 heterocycles. The zero-order valence-electron chi connectivity index (χ0n) is 18.1. The summed E-state index contributed by atoms with van der Waals surface area (Å²) in [5.41, 5.74) is -0.545. The molecule has 2 aliphatic rings. The second-order valence-corrected chi connectivity index (χ2v) is 9.07. The van der Waals surface area contributed by atoms with Crippen LogP contribution in [0.15, 0.2) is 0 Å². The normalized spacial score (nSPS) is 18.9. The smallest absolute Gasteiger partial charge is 0.407 e. The van der Waals surface area contributed by atoms with Gasteiger partial charge in [-0.05, 0) is 58.3 Å². The van der Waals surface area contributed by atoms with Gasteiger partial charge in [-0.3, -0.25) is 9.59 Å². The highest BCUT2D eigenvalue weighted by molar-refractivity contribution is 5.77. The second-order valence-electron chi connectivity index (χ2n) is 9.07. The molecule has 2 rings (SSSR count). The van der Waals surface area contributed by atoms with Crippen molar-refractivity contribution in [2.24, 2.45) is 11.8 Å². The molecule has 8 heteroatoms. The van der Waals surface area contributed by atoms with Gasteiger partial charge in [0.15, 0.2) is 0 Å². The van der Waals surface area contributed by atoms with Crippen LogP contribution in [0.1, 0.15) is 59.3 Å². The van der Waals surface area contributed by atoms with Crippen molar-refractivity contribution in [1.82, 2.24) is 15.5 Å². The van der Waals surface area contributed by atoms with Gasteiger partial charge in [0.2, 0.25) is 11.8 Å². The first-order chi connectivity index (χ1) is 13.7. The summed E-state index contributed by atoms with van der Waals surface area (Å²) in [5.74, 6) is 1.03. The maximum atomic E-state index is 12.3. The van der Waals surface area contributed by atoms with E-state index in [1.54, 1.807) is 20.8 Å². The molecule has 0 aromatic heterocycles. The van der Waals surface area contributed by atoms with Crippen LogP contribution < -0.4 is 10.6 Å². The standard InChI is InChI=1S/C21H37N3O5/c1-21(2,3)29-20(27)22-9-4-19(26)24-10-5-17(6-11-24)15-23-18(25)14-16-7-12-28-13-8-16/h16-17H,4-15H2,1-3H3,(H,22,27)(H,23,25). The lowest BCUT2D eigenvalue weighted by Gasteiger charge is -2.32. The maximum absolute atomic E-state index is 12.3. The van der Waals surface area contributed by atoms with Gasteiger partial charge in [0.25, 0.3) is 0 Å². The van der Waals surface area contributed by atoms with Crippen LogP contribution in [-0.2, 0) is 19.1 Å². The first kappa shape index (κ1) is 23.4. The highest BCUT2D eigenvalue weighted by Gasteiger charge is 2.24. The number of carbonyl (C=O) groups is 3. The van der Waals surface area contributed by atoms with Gasteiger partial charge in [-0.25, -0.2) is 4.79 Å². The molecule has 3 amide bonds. The van der Waals surface area contributed by atoms with E-state index in [0.29, 0.717) is 37.9 Å². The summed E-state index contributed by atoms with van der Waals surface area (Å²) in [4.78, 5) is 37.9. The largest absolute Gasteiger partial charge is 0.444 e. The van der Waals surface area contributed by atoms with Gasteiger partial charge in [0.05, 0.1) is 0 Å². The number of nitrogens with zero attached hydrogens (tertiary/aromatic N) is 1. The Morgan fingerprint density at radius 2 is 1.66 bits per heavy atom. The SMILES string of the molecule is CC(C)(C)OC(=O)NCCC(=O)N1CCC(CNC(=O)CC2CCOCC2)CC1. The number of hydrogen-bond acceptors (Lipinski definition) is 5. The number of amides is 3. The van der Waals surface area contributed by atoms with E-state index in [-0.39, 0.29) is 24.8 Å². The van der Waals surface area contributed by atoms with Crippen molar-refractivity contribution in [2.45, 2.75) is 64.9 Å². The van der Waals surface area contributed by atoms with Crippen molar-refractivity contribution in [3.05, 3.63) is 0 Å². The van der Waals surface area contributed by atoms with Crippen LogP contribution in [-0.4, -0.2) is 67.8 Å². The number of nitrogens with one attached hydrogen (secondary N) is 2. The van der Waals surface area contributed by atoms with Crippen molar-refractivity contribution in [1.29, 1.82) is 0 Å². The van der Waals surface area contributed by atoms with Crippen molar-refractivity contribution >= 4 is 17.9 Å². The lowest BCUT2D eigenvalue weighted by atomic mass is 9.95. The molecular weight excluding hydrogens is 374 g/mol. The van der Waals surface area contributed by atoms with E-state index in [1.807, 2.05) is 4.90 Å². The van der Waals surface area contributed by atoms with E-state index in [4.69, 9.17) is 9.47 Å². The lowest BCUT2D eigenvalue weighted by molar-refractivity contribution is -0.132. The third-order valence-corrected chi connectivity index (χ3v) is 5.38. The summed E-state index contributed by atoms with van der Waals surface area (Å²) in [5, 5.41) is 5.68. The van der Waals surface area contributed by atoms with Crippen molar-refractivity contribution in [2.75, 3.05) is 39.4 Å². The number of alkyl carbamates (subject to hydrolysis) is 1. The molecule has 0 unspecified atom stereocenters. The zero-order valence-corrected chi connectivity index (χ0v) is 18.1. The highest BCUT2D eigenvalue weighted by Crippen LogP contribution is 2.19. The Morgan fingerprint density at radius 1 is 1.00 bits per heavy atom. The minimum Gasteiger partial charge on any atom is -0.444 e. The summed E-state index contributed by atoms with van der Waals surface area (Å²) < 4.78 is 10.5. The quantitative estimate of drug-likeness (QED) is 0.668. The maximum Gasteiger partial charge on any atom is 0.407 e. The first-order valence-corrected chi connectivity index (χ1v) is 10.8. The first-order valence-electron chi connectivity index (χ1n) is 10.8. The summed E-state index contributed by atoms with van der Waals surface area (Å²) in [7, 11) is 0. The van der Waals surface area contributed by atoms with Gasteiger partial charge in [-0.1, -0.05) is 0 Å².